The molecule has 0 bridgehead atoms. The maximum atomic E-state index is 5.71. The quantitative estimate of drug-likeness (QED) is 0.912. The van der Waals surface area contributed by atoms with E-state index in [1.807, 2.05) is 17.4 Å². The minimum absolute atomic E-state index is 0.419. The van der Waals surface area contributed by atoms with Crippen molar-refractivity contribution in [1.29, 1.82) is 0 Å². The van der Waals surface area contributed by atoms with E-state index in [9.17, 15) is 0 Å². The Balaban J connectivity index is 1.53. The standard InChI is InChI=1S/C17H19NO2S/c1-2-14(21-9-1)11-18-17(12-3-4-12)13-5-6-15-16(10-13)20-8-7-19-15/h1-2,5-6,9-10,12,17-18H,3-4,7-8,11H2. The molecule has 1 aromatic heterocycles. The van der Waals surface area contributed by atoms with Crippen molar-refractivity contribution in [3.05, 3.63) is 46.2 Å². The van der Waals surface area contributed by atoms with E-state index in [1.54, 1.807) is 0 Å². The first-order chi connectivity index (χ1) is 10.4. The van der Waals surface area contributed by atoms with Crippen LogP contribution in [0.25, 0.3) is 0 Å². The van der Waals surface area contributed by atoms with Crippen LogP contribution in [0.15, 0.2) is 35.7 Å². The predicted molar refractivity (Wildman–Crippen MR) is 84.1 cm³/mol. The molecule has 1 aromatic carbocycles. The zero-order valence-electron chi connectivity index (χ0n) is 11.9. The van der Waals surface area contributed by atoms with E-state index < -0.39 is 0 Å². The summed E-state index contributed by atoms with van der Waals surface area (Å²) < 4.78 is 11.3. The maximum absolute atomic E-state index is 5.71. The van der Waals surface area contributed by atoms with Crippen molar-refractivity contribution >= 4 is 11.3 Å². The highest BCUT2D eigenvalue weighted by Gasteiger charge is 2.32. The summed E-state index contributed by atoms with van der Waals surface area (Å²) in [5.41, 5.74) is 1.32. The lowest BCUT2D eigenvalue weighted by molar-refractivity contribution is 0.171. The van der Waals surface area contributed by atoms with Gasteiger partial charge in [0.1, 0.15) is 13.2 Å². The summed E-state index contributed by atoms with van der Waals surface area (Å²) in [6.45, 7) is 2.23. The molecule has 110 valence electrons. The minimum atomic E-state index is 0.419. The van der Waals surface area contributed by atoms with Crippen LogP contribution in [0.2, 0.25) is 0 Å². The zero-order valence-corrected chi connectivity index (χ0v) is 12.7. The van der Waals surface area contributed by atoms with E-state index >= 15 is 0 Å². The van der Waals surface area contributed by atoms with Crippen molar-refractivity contribution in [3.8, 4) is 11.5 Å². The lowest BCUT2D eigenvalue weighted by atomic mass is 10.0. The first-order valence-electron chi connectivity index (χ1n) is 7.55. The first-order valence-corrected chi connectivity index (χ1v) is 8.43. The number of nitrogens with one attached hydrogen (secondary N) is 1. The molecule has 1 atom stereocenters. The average molecular weight is 301 g/mol. The van der Waals surface area contributed by atoms with Gasteiger partial charge in [-0.1, -0.05) is 12.1 Å². The molecule has 0 spiro atoms. The molecule has 1 fully saturated rings. The fourth-order valence-electron chi connectivity index (χ4n) is 2.86. The van der Waals surface area contributed by atoms with Gasteiger partial charge in [0.05, 0.1) is 0 Å². The van der Waals surface area contributed by atoms with Crippen molar-refractivity contribution in [2.24, 2.45) is 5.92 Å². The summed E-state index contributed by atoms with van der Waals surface area (Å²) in [7, 11) is 0. The Morgan fingerprint density at radius 2 is 2.00 bits per heavy atom. The van der Waals surface area contributed by atoms with Gasteiger partial charge in [-0.3, -0.25) is 0 Å². The first kappa shape index (κ1) is 13.2. The third kappa shape index (κ3) is 2.92. The summed E-state index contributed by atoms with van der Waals surface area (Å²) in [4.78, 5) is 1.39. The van der Waals surface area contributed by atoms with Crippen molar-refractivity contribution < 1.29 is 9.47 Å². The Hall–Kier alpha value is -1.52. The normalized spacial score (nSPS) is 18.5. The molecular formula is C17H19NO2S. The fourth-order valence-corrected chi connectivity index (χ4v) is 3.52. The van der Waals surface area contributed by atoms with E-state index in [4.69, 9.17) is 9.47 Å². The molecule has 2 heterocycles. The van der Waals surface area contributed by atoms with E-state index in [0.717, 1.165) is 24.0 Å². The van der Waals surface area contributed by atoms with Crippen LogP contribution in [0.5, 0.6) is 11.5 Å². The third-order valence-electron chi connectivity index (χ3n) is 4.10. The number of benzene rings is 1. The van der Waals surface area contributed by atoms with Crippen LogP contribution in [0.4, 0.5) is 0 Å². The average Bonchev–Trinajstić information content (AvgIpc) is 3.23. The van der Waals surface area contributed by atoms with E-state index in [0.29, 0.717) is 19.3 Å². The van der Waals surface area contributed by atoms with E-state index in [2.05, 4.69) is 35.0 Å². The number of hydrogen-bond donors (Lipinski definition) is 1. The molecule has 0 amide bonds. The summed E-state index contributed by atoms with van der Waals surface area (Å²) in [5.74, 6) is 2.52. The Morgan fingerprint density at radius 3 is 2.76 bits per heavy atom. The molecule has 4 rings (SSSR count). The third-order valence-corrected chi connectivity index (χ3v) is 4.97. The van der Waals surface area contributed by atoms with Gasteiger partial charge in [-0.25, -0.2) is 0 Å². The van der Waals surface area contributed by atoms with Gasteiger partial charge in [0.2, 0.25) is 0 Å². The number of fused-ring (bicyclic) bond motifs is 1. The summed E-state index contributed by atoms with van der Waals surface area (Å²) in [6.07, 6.45) is 2.63. The molecule has 1 N–H and O–H groups in total. The topological polar surface area (TPSA) is 30.5 Å². The predicted octanol–water partition coefficient (Wildman–Crippen LogP) is 3.76. The molecule has 0 saturated heterocycles. The fraction of sp³-hybridized carbons (Fsp3) is 0.412. The van der Waals surface area contributed by atoms with E-state index in [1.165, 1.54) is 23.3 Å². The minimum Gasteiger partial charge on any atom is -0.486 e. The van der Waals surface area contributed by atoms with Crippen LogP contribution >= 0.6 is 11.3 Å². The maximum Gasteiger partial charge on any atom is 0.161 e. The second-order valence-electron chi connectivity index (χ2n) is 5.68. The molecule has 2 aliphatic rings. The summed E-state index contributed by atoms with van der Waals surface area (Å²) in [6, 6.07) is 11.1. The molecule has 3 nitrogen and oxygen atoms in total. The highest BCUT2D eigenvalue weighted by molar-refractivity contribution is 7.09. The van der Waals surface area contributed by atoms with Gasteiger partial charge >= 0.3 is 0 Å². The second kappa shape index (κ2) is 5.70. The Kier molecular flexibility index (Phi) is 3.57. The smallest absolute Gasteiger partial charge is 0.161 e. The molecule has 2 aromatic rings. The van der Waals surface area contributed by atoms with Gasteiger partial charge in [0.15, 0.2) is 11.5 Å². The molecule has 21 heavy (non-hydrogen) atoms. The van der Waals surface area contributed by atoms with Crippen molar-refractivity contribution in [3.63, 3.8) is 0 Å². The van der Waals surface area contributed by atoms with Crippen LogP contribution in [-0.2, 0) is 6.54 Å². The van der Waals surface area contributed by atoms with E-state index in [-0.39, 0.29) is 0 Å². The molecule has 4 heteroatoms. The number of thiophene rings is 1. The number of hydrogen-bond acceptors (Lipinski definition) is 4. The Bertz CT molecular complexity index is 607. The highest BCUT2D eigenvalue weighted by Crippen LogP contribution is 2.43. The molecule has 1 unspecified atom stereocenters. The van der Waals surface area contributed by atoms with Gasteiger partial charge in [0, 0.05) is 17.5 Å². The van der Waals surface area contributed by atoms with Gasteiger partial charge in [-0.2, -0.15) is 0 Å². The monoisotopic (exact) mass is 301 g/mol. The molecule has 0 radical (unpaired) electrons. The largest absolute Gasteiger partial charge is 0.486 e. The van der Waals surface area contributed by atoms with Crippen LogP contribution in [0, 0.1) is 5.92 Å². The number of ether oxygens (including phenoxy) is 2. The molecule has 1 aliphatic carbocycles. The zero-order chi connectivity index (χ0) is 14.1. The van der Waals surface area contributed by atoms with Crippen molar-refractivity contribution in [1.82, 2.24) is 5.32 Å². The van der Waals surface area contributed by atoms with Crippen molar-refractivity contribution in [2.75, 3.05) is 13.2 Å². The Labute approximate surface area is 128 Å². The van der Waals surface area contributed by atoms with Crippen LogP contribution < -0.4 is 14.8 Å². The number of rotatable bonds is 5. The van der Waals surface area contributed by atoms with Crippen LogP contribution in [-0.4, -0.2) is 13.2 Å². The van der Waals surface area contributed by atoms with Crippen molar-refractivity contribution in [2.45, 2.75) is 25.4 Å². The summed E-state index contributed by atoms with van der Waals surface area (Å²) in [5, 5.41) is 5.85. The van der Waals surface area contributed by atoms with Gasteiger partial charge < -0.3 is 14.8 Å². The van der Waals surface area contributed by atoms with Crippen LogP contribution in [0.1, 0.15) is 29.3 Å². The van der Waals surface area contributed by atoms with Gasteiger partial charge in [0.25, 0.3) is 0 Å². The molecule has 1 saturated carbocycles. The molecular weight excluding hydrogens is 282 g/mol. The lowest BCUT2D eigenvalue weighted by Crippen LogP contribution is -2.23. The second-order valence-corrected chi connectivity index (χ2v) is 6.71. The van der Waals surface area contributed by atoms with Gasteiger partial charge in [-0.05, 0) is 47.9 Å². The SMILES string of the molecule is c1csc(CNC(c2ccc3c(c2)OCCO3)C2CC2)c1. The highest BCUT2D eigenvalue weighted by atomic mass is 32.1. The van der Waals surface area contributed by atoms with Gasteiger partial charge in [-0.15, -0.1) is 11.3 Å². The van der Waals surface area contributed by atoms with Crippen LogP contribution in [0.3, 0.4) is 0 Å². The lowest BCUT2D eigenvalue weighted by Gasteiger charge is -2.23. The Morgan fingerprint density at radius 1 is 1.14 bits per heavy atom. The molecule has 1 aliphatic heterocycles. The summed E-state index contributed by atoms with van der Waals surface area (Å²) >= 11 is 1.81.